The van der Waals surface area contributed by atoms with Gasteiger partial charge >= 0.3 is 6.18 Å². The van der Waals surface area contributed by atoms with Gasteiger partial charge in [0.2, 0.25) is 11.8 Å². The summed E-state index contributed by atoms with van der Waals surface area (Å²) in [5, 5.41) is 22.6. The minimum atomic E-state index is -4.79. The number of hydrogen-bond donors (Lipinski definition) is 3. The summed E-state index contributed by atoms with van der Waals surface area (Å²) in [4.78, 5) is 37.1. The van der Waals surface area contributed by atoms with Crippen LogP contribution in [-0.2, 0) is 14.3 Å². The quantitative estimate of drug-likeness (QED) is 0.230. The number of aliphatic hydroxyl groups excluding tert-OH is 2. The molecule has 2 amide bonds. The van der Waals surface area contributed by atoms with Crippen LogP contribution >= 0.6 is 22.6 Å². The van der Waals surface area contributed by atoms with E-state index < -0.39 is 49.2 Å². The van der Waals surface area contributed by atoms with Crippen LogP contribution in [0.1, 0.15) is 23.2 Å². The molecule has 0 aromatic heterocycles. The Morgan fingerprint density at radius 1 is 1.30 bits per heavy atom. The summed E-state index contributed by atoms with van der Waals surface area (Å²) in [6.45, 7) is -2.30. The Bertz CT molecular complexity index is 1000. The molecule has 206 valence electrons. The number of aliphatic hydroxyl groups is 2. The molecule has 0 saturated heterocycles. The highest BCUT2D eigenvalue weighted by Crippen LogP contribution is 2.37. The van der Waals surface area contributed by atoms with Gasteiger partial charge in [-0.1, -0.05) is 0 Å². The number of hydrogen-bond acceptors (Lipinski definition) is 8. The van der Waals surface area contributed by atoms with E-state index in [4.69, 9.17) is 19.3 Å². The van der Waals surface area contributed by atoms with Crippen molar-refractivity contribution in [2.45, 2.75) is 37.3 Å². The Balaban J connectivity index is 2.53. The van der Waals surface area contributed by atoms with Crippen molar-refractivity contribution in [3.8, 4) is 11.5 Å². The Morgan fingerprint density at radius 2 is 2.00 bits per heavy atom. The van der Waals surface area contributed by atoms with E-state index in [0.29, 0.717) is 14.8 Å². The number of rotatable bonds is 12. The predicted molar refractivity (Wildman–Crippen MR) is 132 cm³/mol. The molecule has 0 saturated carbocycles. The highest BCUT2D eigenvalue weighted by molar-refractivity contribution is 14.1. The van der Waals surface area contributed by atoms with E-state index in [1.54, 1.807) is 0 Å². The average molecular weight is 644 g/mol. The molecule has 37 heavy (non-hydrogen) atoms. The van der Waals surface area contributed by atoms with E-state index in [1.807, 2.05) is 22.6 Å². The van der Waals surface area contributed by atoms with Gasteiger partial charge < -0.3 is 34.6 Å². The number of aldehydes is 1. The average Bonchev–Trinajstić information content (AvgIpc) is 2.85. The highest BCUT2D eigenvalue weighted by Gasteiger charge is 2.44. The lowest BCUT2D eigenvalue weighted by atomic mass is 9.88. The molecular weight excluding hydrogens is 616 g/mol. The third kappa shape index (κ3) is 8.55. The largest absolute Gasteiger partial charge is 0.493 e. The number of carbonyl (C=O) groups is 3. The van der Waals surface area contributed by atoms with Crippen molar-refractivity contribution in [3.63, 3.8) is 0 Å². The molecule has 2 rings (SSSR count). The van der Waals surface area contributed by atoms with Gasteiger partial charge in [0, 0.05) is 31.2 Å². The van der Waals surface area contributed by atoms with Gasteiger partial charge in [0.05, 0.1) is 36.4 Å². The van der Waals surface area contributed by atoms with Crippen LogP contribution in [0.4, 0.5) is 13.2 Å². The first kappa shape index (κ1) is 30.8. The summed E-state index contributed by atoms with van der Waals surface area (Å²) in [7, 11) is 2.61. The lowest BCUT2D eigenvalue weighted by Gasteiger charge is -2.40. The molecule has 1 aromatic rings. The van der Waals surface area contributed by atoms with Crippen molar-refractivity contribution in [3.05, 3.63) is 32.9 Å². The van der Waals surface area contributed by atoms with E-state index >= 15 is 0 Å². The summed E-state index contributed by atoms with van der Waals surface area (Å²) in [5.41, 5.74) is 0.231. The van der Waals surface area contributed by atoms with Gasteiger partial charge in [-0.2, -0.15) is 13.2 Å². The molecule has 3 atom stereocenters. The predicted octanol–water partition coefficient (Wildman–Crippen LogP) is 1.46. The first-order chi connectivity index (χ1) is 17.4. The van der Waals surface area contributed by atoms with Crippen LogP contribution in [-0.4, -0.2) is 98.2 Å². The van der Waals surface area contributed by atoms with Gasteiger partial charge in [0.15, 0.2) is 11.5 Å². The van der Waals surface area contributed by atoms with Crippen LogP contribution in [0, 0.1) is 3.57 Å². The zero-order valence-corrected chi connectivity index (χ0v) is 22.2. The van der Waals surface area contributed by atoms with Gasteiger partial charge in [-0.25, -0.2) is 0 Å². The van der Waals surface area contributed by atoms with Gasteiger partial charge in [-0.3, -0.25) is 14.4 Å². The van der Waals surface area contributed by atoms with Crippen molar-refractivity contribution in [2.24, 2.45) is 0 Å². The zero-order valence-electron chi connectivity index (χ0n) is 20.1. The van der Waals surface area contributed by atoms with Crippen LogP contribution in [0.2, 0.25) is 0 Å². The molecule has 3 N–H and O–H groups in total. The normalized spacial score (nSPS) is 19.6. The third-order valence-corrected chi connectivity index (χ3v) is 6.25. The fraction of sp³-hybridized carbons (Fsp3) is 0.522. The molecule has 0 bridgehead atoms. The summed E-state index contributed by atoms with van der Waals surface area (Å²) in [6, 6.07) is 1.37. The Labute approximate surface area is 224 Å². The Kier molecular flexibility index (Phi) is 11.6. The minimum Gasteiger partial charge on any atom is -0.493 e. The standard InChI is InChI=1S/C23H28F3IN2O8/c1-35-6-3-19(32)29(12-23(24,25)26)16-9-14(22(34)28-4-5-30)10-17(20(16)33)37-21-15(27)7-13(11-31)8-18(21)36-2/h7-8,10-11,16-17,20,30,33H,3-6,9,12H2,1-2H3,(H,28,34). The maximum absolute atomic E-state index is 13.5. The summed E-state index contributed by atoms with van der Waals surface area (Å²) >= 11 is 1.86. The molecule has 0 radical (unpaired) electrons. The molecule has 0 fully saturated rings. The van der Waals surface area contributed by atoms with Crippen molar-refractivity contribution in [2.75, 3.05) is 40.5 Å². The van der Waals surface area contributed by atoms with Crippen molar-refractivity contribution in [1.29, 1.82) is 0 Å². The first-order valence-corrected chi connectivity index (χ1v) is 12.2. The number of methoxy groups -OCH3 is 2. The Hall–Kier alpha value is -2.43. The molecule has 1 aliphatic carbocycles. The van der Waals surface area contributed by atoms with E-state index in [0.717, 1.165) is 0 Å². The molecule has 0 aliphatic heterocycles. The fourth-order valence-electron chi connectivity index (χ4n) is 3.75. The summed E-state index contributed by atoms with van der Waals surface area (Å²) in [5.74, 6) is -1.43. The van der Waals surface area contributed by atoms with Crippen LogP contribution in [0.15, 0.2) is 23.8 Å². The van der Waals surface area contributed by atoms with Crippen LogP contribution in [0.5, 0.6) is 11.5 Å². The number of carbonyl (C=O) groups excluding carboxylic acids is 3. The highest BCUT2D eigenvalue weighted by atomic mass is 127. The van der Waals surface area contributed by atoms with Gasteiger partial charge in [0.1, 0.15) is 25.0 Å². The molecule has 14 heteroatoms. The van der Waals surface area contributed by atoms with Crippen LogP contribution in [0.25, 0.3) is 0 Å². The maximum atomic E-state index is 13.5. The lowest BCUT2D eigenvalue weighted by molar-refractivity contribution is -0.173. The molecule has 1 aliphatic rings. The second-order valence-electron chi connectivity index (χ2n) is 8.05. The second-order valence-corrected chi connectivity index (χ2v) is 9.21. The van der Waals surface area contributed by atoms with Gasteiger partial charge in [-0.15, -0.1) is 0 Å². The number of halogens is 4. The monoisotopic (exact) mass is 644 g/mol. The van der Waals surface area contributed by atoms with Crippen LogP contribution in [0.3, 0.4) is 0 Å². The van der Waals surface area contributed by atoms with Crippen molar-refractivity contribution < 1.29 is 52.0 Å². The number of benzene rings is 1. The first-order valence-electron chi connectivity index (χ1n) is 11.1. The number of alkyl halides is 3. The van der Waals surface area contributed by atoms with E-state index in [9.17, 15) is 32.7 Å². The minimum absolute atomic E-state index is 0.0426. The van der Waals surface area contributed by atoms with E-state index in [-0.39, 0.29) is 48.8 Å². The number of amides is 2. The fourth-order valence-corrected chi connectivity index (χ4v) is 4.51. The molecule has 3 unspecified atom stereocenters. The lowest BCUT2D eigenvalue weighted by Crippen LogP contribution is -2.57. The SMILES string of the molecule is COCCC(=O)N(CC(F)(F)F)C1CC(C(=O)NCCO)=CC(Oc2c(I)cc(C=O)cc2OC)C1O. The summed E-state index contributed by atoms with van der Waals surface area (Å²) in [6.07, 6.45) is -6.77. The third-order valence-electron chi connectivity index (χ3n) is 5.45. The summed E-state index contributed by atoms with van der Waals surface area (Å²) < 4.78 is 56.8. The second kappa shape index (κ2) is 13.9. The number of nitrogens with zero attached hydrogens (tertiary/aromatic N) is 1. The topological polar surface area (TPSA) is 135 Å². The molecule has 0 spiro atoms. The molecule has 1 aromatic carbocycles. The van der Waals surface area contributed by atoms with E-state index in [1.165, 1.54) is 32.4 Å². The zero-order chi connectivity index (χ0) is 27.8. The van der Waals surface area contributed by atoms with Crippen molar-refractivity contribution in [1.82, 2.24) is 10.2 Å². The van der Waals surface area contributed by atoms with E-state index in [2.05, 4.69) is 5.32 Å². The van der Waals surface area contributed by atoms with Gasteiger partial charge in [0.25, 0.3) is 0 Å². The molecule has 10 nitrogen and oxygen atoms in total. The van der Waals surface area contributed by atoms with Crippen LogP contribution < -0.4 is 14.8 Å². The molecule has 0 heterocycles. The maximum Gasteiger partial charge on any atom is 0.406 e. The number of nitrogens with one attached hydrogen (secondary N) is 1. The molecular formula is C23H28F3IN2O8. The van der Waals surface area contributed by atoms with Crippen molar-refractivity contribution >= 4 is 40.7 Å². The van der Waals surface area contributed by atoms with Gasteiger partial charge in [-0.05, 0) is 40.8 Å². The Morgan fingerprint density at radius 3 is 2.57 bits per heavy atom. The number of ether oxygens (including phenoxy) is 3. The smallest absolute Gasteiger partial charge is 0.406 e.